The molecule has 6 nitrogen and oxygen atoms in total. The van der Waals surface area contributed by atoms with Gasteiger partial charge in [0.05, 0.1) is 23.6 Å². The Kier molecular flexibility index (Phi) is 5.54. The molecule has 0 bridgehead atoms. The molecule has 4 heterocycles. The van der Waals surface area contributed by atoms with Crippen LogP contribution in [0.4, 0.5) is 0 Å². The maximum Gasteiger partial charge on any atom is 0.234 e. The molecule has 6 heteroatoms. The first-order chi connectivity index (χ1) is 14.8. The van der Waals surface area contributed by atoms with Gasteiger partial charge in [-0.1, -0.05) is 43.7 Å². The number of nitrogens with zero attached hydrogens (tertiary/aromatic N) is 5. The van der Waals surface area contributed by atoms with Gasteiger partial charge in [-0.3, -0.25) is 14.2 Å². The number of benzene rings is 1. The molecule has 0 N–H and O–H groups in total. The minimum absolute atomic E-state index is 0.0162. The number of fused-ring (bicyclic) bond motifs is 1. The molecule has 1 atom stereocenters. The van der Waals surface area contributed by atoms with Gasteiger partial charge in [-0.15, -0.1) is 0 Å². The number of morpholine rings is 1. The Morgan fingerprint density at radius 1 is 1.07 bits per heavy atom. The van der Waals surface area contributed by atoms with E-state index in [0.29, 0.717) is 0 Å². The fraction of sp³-hybridized carbons (Fsp3) is 0.500. The zero-order chi connectivity index (χ0) is 20.4. The average Bonchev–Trinajstić information content (AvgIpc) is 3.35. The highest BCUT2D eigenvalue weighted by Gasteiger charge is 2.42. The fourth-order valence-electron chi connectivity index (χ4n) is 4.93. The molecule has 1 unspecified atom stereocenters. The van der Waals surface area contributed by atoms with Crippen LogP contribution >= 0.6 is 0 Å². The lowest BCUT2D eigenvalue weighted by atomic mass is 10.0. The third-order valence-electron chi connectivity index (χ3n) is 6.47. The highest BCUT2D eigenvalue weighted by molar-refractivity contribution is 5.65. The van der Waals surface area contributed by atoms with Crippen LogP contribution in [-0.4, -0.2) is 69.1 Å². The van der Waals surface area contributed by atoms with Crippen molar-refractivity contribution in [3.8, 4) is 11.3 Å². The van der Waals surface area contributed by atoms with E-state index in [1.54, 1.807) is 0 Å². The lowest BCUT2D eigenvalue weighted by Crippen LogP contribution is -2.53. The Hall–Kier alpha value is -2.28. The molecule has 2 fully saturated rings. The van der Waals surface area contributed by atoms with Crippen LogP contribution in [0.1, 0.15) is 31.9 Å². The Bertz CT molecular complexity index is 988. The van der Waals surface area contributed by atoms with E-state index in [2.05, 4.69) is 56.6 Å². The quantitative estimate of drug-likeness (QED) is 0.628. The first-order valence-electron chi connectivity index (χ1n) is 11.2. The Labute approximate surface area is 178 Å². The van der Waals surface area contributed by atoms with Gasteiger partial charge >= 0.3 is 0 Å². The smallest absolute Gasteiger partial charge is 0.234 e. The zero-order valence-corrected chi connectivity index (χ0v) is 17.8. The highest BCUT2D eigenvalue weighted by Crippen LogP contribution is 2.32. The first-order valence-corrected chi connectivity index (χ1v) is 11.2. The third-order valence-corrected chi connectivity index (χ3v) is 6.47. The summed E-state index contributed by atoms with van der Waals surface area (Å²) >= 11 is 0. The molecule has 3 aromatic rings. The Morgan fingerprint density at radius 3 is 2.80 bits per heavy atom. The van der Waals surface area contributed by atoms with Gasteiger partial charge in [0.2, 0.25) is 5.78 Å². The van der Waals surface area contributed by atoms with Crippen molar-refractivity contribution >= 4 is 5.78 Å². The van der Waals surface area contributed by atoms with Crippen LogP contribution in [0.5, 0.6) is 0 Å². The molecular weight excluding hydrogens is 374 g/mol. The predicted octanol–water partition coefficient (Wildman–Crippen LogP) is 3.47. The lowest BCUT2D eigenvalue weighted by Gasteiger charge is -2.40. The molecule has 2 aliphatic rings. The normalized spacial score (nSPS) is 23.0. The SMILES string of the molecule is CCCCN1CCOC2(CCN(Cc3c(-c4ccccc4)nc4ncccn34)C2)C1. The van der Waals surface area contributed by atoms with Crippen molar-refractivity contribution < 1.29 is 4.74 Å². The summed E-state index contributed by atoms with van der Waals surface area (Å²) in [5, 5.41) is 0. The molecule has 0 radical (unpaired) electrons. The second-order valence-electron chi connectivity index (χ2n) is 8.68. The second kappa shape index (κ2) is 8.46. The minimum atomic E-state index is -0.0162. The molecule has 0 saturated carbocycles. The van der Waals surface area contributed by atoms with Crippen molar-refractivity contribution in [2.24, 2.45) is 0 Å². The van der Waals surface area contributed by atoms with Gasteiger partial charge in [0.25, 0.3) is 0 Å². The fourth-order valence-corrected chi connectivity index (χ4v) is 4.93. The van der Waals surface area contributed by atoms with E-state index in [4.69, 9.17) is 9.72 Å². The average molecular weight is 406 g/mol. The maximum absolute atomic E-state index is 6.37. The number of imidazole rings is 1. The molecule has 2 aromatic heterocycles. The van der Waals surface area contributed by atoms with Crippen LogP contribution < -0.4 is 0 Å². The number of likely N-dealkylation sites (tertiary alicyclic amines) is 1. The molecule has 158 valence electrons. The van der Waals surface area contributed by atoms with Crippen molar-refractivity contribution in [3.05, 3.63) is 54.5 Å². The van der Waals surface area contributed by atoms with Gasteiger partial charge < -0.3 is 4.74 Å². The Morgan fingerprint density at radius 2 is 1.93 bits per heavy atom. The van der Waals surface area contributed by atoms with Gasteiger partial charge in [0.15, 0.2) is 0 Å². The second-order valence-corrected chi connectivity index (χ2v) is 8.68. The van der Waals surface area contributed by atoms with Gasteiger partial charge in [-0.2, -0.15) is 0 Å². The lowest BCUT2D eigenvalue weighted by molar-refractivity contribution is -0.101. The van der Waals surface area contributed by atoms with Crippen LogP contribution in [0, 0.1) is 0 Å². The summed E-state index contributed by atoms with van der Waals surface area (Å²) in [5.41, 5.74) is 3.37. The van der Waals surface area contributed by atoms with Crippen LogP contribution in [0.25, 0.3) is 17.0 Å². The van der Waals surface area contributed by atoms with Crippen molar-refractivity contribution in [2.75, 3.05) is 39.3 Å². The molecule has 0 amide bonds. The van der Waals surface area contributed by atoms with E-state index in [1.165, 1.54) is 25.1 Å². The summed E-state index contributed by atoms with van der Waals surface area (Å²) < 4.78 is 8.51. The molecule has 0 aliphatic carbocycles. The summed E-state index contributed by atoms with van der Waals surface area (Å²) in [6.45, 7) is 9.34. The van der Waals surface area contributed by atoms with Crippen molar-refractivity contribution in [1.82, 2.24) is 24.2 Å². The van der Waals surface area contributed by atoms with E-state index in [9.17, 15) is 0 Å². The highest BCUT2D eigenvalue weighted by atomic mass is 16.5. The third kappa shape index (κ3) is 3.87. The number of hydrogen-bond donors (Lipinski definition) is 0. The zero-order valence-electron chi connectivity index (χ0n) is 17.8. The maximum atomic E-state index is 6.37. The van der Waals surface area contributed by atoms with Crippen molar-refractivity contribution in [1.29, 1.82) is 0 Å². The van der Waals surface area contributed by atoms with E-state index >= 15 is 0 Å². The first kappa shape index (κ1) is 19.7. The minimum Gasteiger partial charge on any atom is -0.371 e. The van der Waals surface area contributed by atoms with Crippen molar-refractivity contribution in [2.45, 2.75) is 38.3 Å². The van der Waals surface area contributed by atoms with Crippen LogP contribution in [0.2, 0.25) is 0 Å². The molecule has 30 heavy (non-hydrogen) atoms. The van der Waals surface area contributed by atoms with Gasteiger partial charge in [-0.05, 0) is 25.5 Å². The number of unbranched alkanes of at least 4 members (excludes halogenated alkanes) is 1. The van der Waals surface area contributed by atoms with Crippen LogP contribution in [0.3, 0.4) is 0 Å². The molecule has 2 saturated heterocycles. The van der Waals surface area contributed by atoms with Gasteiger partial charge in [0, 0.05) is 50.7 Å². The molecule has 2 aliphatic heterocycles. The van der Waals surface area contributed by atoms with E-state index < -0.39 is 0 Å². The van der Waals surface area contributed by atoms with Crippen LogP contribution in [-0.2, 0) is 11.3 Å². The largest absolute Gasteiger partial charge is 0.371 e. The monoisotopic (exact) mass is 405 g/mol. The Balaban J connectivity index is 1.38. The van der Waals surface area contributed by atoms with E-state index in [0.717, 1.165) is 62.8 Å². The van der Waals surface area contributed by atoms with Gasteiger partial charge in [0.1, 0.15) is 0 Å². The summed E-state index contributed by atoms with van der Waals surface area (Å²) in [6, 6.07) is 12.4. The number of rotatable bonds is 6. The molecule has 5 rings (SSSR count). The van der Waals surface area contributed by atoms with Crippen molar-refractivity contribution in [3.63, 3.8) is 0 Å². The predicted molar refractivity (Wildman–Crippen MR) is 118 cm³/mol. The van der Waals surface area contributed by atoms with Crippen LogP contribution in [0.15, 0.2) is 48.8 Å². The number of ether oxygens (including phenoxy) is 1. The number of hydrogen-bond acceptors (Lipinski definition) is 5. The summed E-state index contributed by atoms with van der Waals surface area (Å²) in [6.07, 6.45) is 7.51. The standard InChI is InChI=1S/C24H31N5O/c1-2-3-12-27-15-16-30-24(18-27)10-14-28(19-24)17-21-22(20-8-5-4-6-9-20)26-23-25-11-7-13-29(21)23/h4-9,11,13H,2-3,10,12,14-19H2,1H3. The molecule has 1 aromatic carbocycles. The van der Waals surface area contributed by atoms with Gasteiger partial charge in [-0.25, -0.2) is 9.97 Å². The summed E-state index contributed by atoms with van der Waals surface area (Å²) in [5.74, 6) is 0.764. The topological polar surface area (TPSA) is 45.9 Å². The summed E-state index contributed by atoms with van der Waals surface area (Å²) in [7, 11) is 0. The van der Waals surface area contributed by atoms with E-state index in [-0.39, 0.29) is 5.60 Å². The molecule has 1 spiro atoms. The molecular formula is C24H31N5O. The number of aromatic nitrogens is 3. The summed E-state index contributed by atoms with van der Waals surface area (Å²) in [4.78, 5) is 14.5. The van der Waals surface area contributed by atoms with E-state index in [1.807, 2.05) is 18.3 Å².